The minimum Gasteiger partial charge on any atom is -0.493 e. The molecule has 0 atom stereocenters. The van der Waals surface area contributed by atoms with Crippen LogP contribution in [0, 0.1) is 6.92 Å². The third kappa shape index (κ3) is 6.08. The third-order valence-electron chi connectivity index (χ3n) is 2.37. The van der Waals surface area contributed by atoms with Gasteiger partial charge in [-0.05, 0) is 64.4 Å². The molecule has 96 valence electrons. The molecule has 17 heavy (non-hydrogen) atoms. The van der Waals surface area contributed by atoms with Crippen LogP contribution in [-0.4, -0.2) is 18.7 Å². The van der Waals surface area contributed by atoms with Crippen LogP contribution < -0.4 is 10.1 Å². The Morgan fingerprint density at radius 1 is 1.29 bits per heavy atom. The van der Waals surface area contributed by atoms with Crippen molar-refractivity contribution in [1.82, 2.24) is 5.32 Å². The summed E-state index contributed by atoms with van der Waals surface area (Å²) < 4.78 is 6.84. The second-order valence-corrected chi connectivity index (χ2v) is 6.20. The van der Waals surface area contributed by atoms with Gasteiger partial charge in [-0.2, -0.15) is 0 Å². The molecule has 0 unspecified atom stereocenters. The standard InChI is InChI=1S/C14H22BrNO/c1-11-10-12(15)6-7-13(11)17-9-5-8-16-14(2,3)4/h6-7,10,16H,5,8-9H2,1-4H3. The molecule has 0 saturated carbocycles. The van der Waals surface area contributed by atoms with Crippen molar-refractivity contribution < 1.29 is 4.74 Å². The Morgan fingerprint density at radius 2 is 2.00 bits per heavy atom. The molecule has 0 bridgehead atoms. The van der Waals surface area contributed by atoms with Crippen LogP contribution in [0.25, 0.3) is 0 Å². The zero-order chi connectivity index (χ0) is 12.9. The average Bonchev–Trinajstić information content (AvgIpc) is 2.18. The van der Waals surface area contributed by atoms with Gasteiger partial charge in [0.2, 0.25) is 0 Å². The molecule has 1 aromatic rings. The number of hydrogen-bond acceptors (Lipinski definition) is 2. The predicted molar refractivity (Wildman–Crippen MR) is 76.7 cm³/mol. The first-order valence-corrected chi connectivity index (χ1v) is 6.82. The Kier molecular flexibility index (Phi) is 5.47. The first kappa shape index (κ1) is 14.5. The van der Waals surface area contributed by atoms with Crippen LogP contribution in [0.1, 0.15) is 32.8 Å². The number of benzene rings is 1. The van der Waals surface area contributed by atoms with E-state index in [2.05, 4.69) is 55.0 Å². The maximum absolute atomic E-state index is 5.75. The van der Waals surface area contributed by atoms with Gasteiger partial charge in [-0.25, -0.2) is 0 Å². The summed E-state index contributed by atoms with van der Waals surface area (Å²) in [6, 6.07) is 6.09. The van der Waals surface area contributed by atoms with E-state index in [0.29, 0.717) is 0 Å². The summed E-state index contributed by atoms with van der Waals surface area (Å²) in [6.07, 6.45) is 1.02. The second-order valence-electron chi connectivity index (χ2n) is 5.29. The average molecular weight is 300 g/mol. The van der Waals surface area contributed by atoms with E-state index < -0.39 is 0 Å². The topological polar surface area (TPSA) is 21.3 Å². The fourth-order valence-corrected chi connectivity index (χ4v) is 1.97. The number of nitrogens with one attached hydrogen (secondary N) is 1. The van der Waals surface area contributed by atoms with E-state index in [4.69, 9.17) is 4.74 Å². The Morgan fingerprint density at radius 3 is 2.59 bits per heavy atom. The minimum absolute atomic E-state index is 0.188. The summed E-state index contributed by atoms with van der Waals surface area (Å²) in [5.41, 5.74) is 1.36. The maximum atomic E-state index is 5.75. The largest absolute Gasteiger partial charge is 0.493 e. The van der Waals surface area contributed by atoms with Gasteiger partial charge in [0.15, 0.2) is 0 Å². The Labute approximate surface area is 113 Å². The first-order chi connectivity index (χ1) is 7.88. The van der Waals surface area contributed by atoms with E-state index in [1.807, 2.05) is 12.1 Å². The van der Waals surface area contributed by atoms with Crippen molar-refractivity contribution in [2.45, 2.75) is 39.7 Å². The van der Waals surface area contributed by atoms with Gasteiger partial charge in [-0.1, -0.05) is 15.9 Å². The van der Waals surface area contributed by atoms with Gasteiger partial charge in [0.05, 0.1) is 6.61 Å². The predicted octanol–water partition coefficient (Wildman–Crippen LogP) is 3.91. The maximum Gasteiger partial charge on any atom is 0.122 e. The molecule has 0 amide bonds. The molecule has 0 heterocycles. The van der Waals surface area contributed by atoms with E-state index in [-0.39, 0.29) is 5.54 Å². The number of aryl methyl sites for hydroxylation is 1. The number of rotatable bonds is 5. The summed E-state index contributed by atoms with van der Waals surface area (Å²) in [6.45, 7) is 10.3. The van der Waals surface area contributed by atoms with Crippen molar-refractivity contribution in [1.29, 1.82) is 0 Å². The summed E-state index contributed by atoms with van der Waals surface area (Å²) in [7, 11) is 0. The quantitative estimate of drug-likeness (QED) is 0.832. The van der Waals surface area contributed by atoms with Crippen molar-refractivity contribution in [3.8, 4) is 5.75 Å². The SMILES string of the molecule is Cc1cc(Br)ccc1OCCCNC(C)(C)C. The lowest BCUT2D eigenvalue weighted by atomic mass is 10.1. The van der Waals surface area contributed by atoms with Gasteiger partial charge < -0.3 is 10.1 Å². The molecule has 3 heteroatoms. The van der Waals surface area contributed by atoms with E-state index in [9.17, 15) is 0 Å². The van der Waals surface area contributed by atoms with Gasteiger partial charge in [0.25, 0.3) is 0 Å². The fraction of sp³-hybridized carbons (Fsp3) is 0.571. The van der Waals surface area contributed by atoms with Gasteiger partial charge in [0, 0.05) is 10.0 Å². The molecule has 2 nitrogen and oxygen atoms in total. The Hall–Kier alpha value is -0.540. The summed E-state index contributed by atoms with van der Waals surface area (Å²) in [5.74, 6) is 0.976. The molecule has 0 spiro atoms. The van der Waals surface area contributed by atoms with E-state index in [1.165, 1.54) is 5.56 Å². The second kappa shape index (κ2) is 6.41. The summed E-state index contributed by atoms with van der Waals surface area (Å²) >= 11 is 3.45. The molecule has 1 N–H and O–H groups in total. The highest BCUT2D eigenvalue weighted by atomic mass is 79.9. The zero-order valence-electron chi connectivity index (χ0n) is 11.1. The van der Waals surface area contributed by atoms with Crippen LogP contribution in [0.4, 0.5) is 0 Å². The summed E-state index contributed by atoms with van der Waals surface area (Å²) in [5, 5.41) is 3.44. The molecular weight excluding hydrogens is 278 g/mol. The van der Waals surface area contributed by atoms with Crippen molar-refractivity contribution >= 4 is 15.9 Å². The molecule has 0 aliphatic carbocycles. The Bertz CT molecular complexity index is 358. The smallest absolute Gasteiger partial charge is 0.122 e. The molecule has 0 fully saturated rings. The molecule has 1 rings (SSSR count). The first-order valence-electron chi connectivity index (χ1n) is 6.02. The molecule has 0 aliphatic rings. The molecule has 0 radical (unpaired) electrons. The molecule has 0 saturated heterocycles. The third-order valence-corrected chi connectivity index (χ3v) is 2.86. The van der Waals surface area contributed by atoms with Crippen LogP contribution in [0.3, 0.4) is 0 Å². The van der Waals surface area contributed by atoms with Crippen LogP contribution in [-0.2, 0) is 0 Å². The van der Waals surface area contributed by atoms with Crippen LogP contribution in [0.15, 0.2) is 22.7 Å². The zero-order valence-corrected chi connectivity index (χ0v) is 12.7. The summed E-state index contributed by atoms with van der Waals surface area (Å²) in [4.78, 5) is 0. The highest BCUT2D eigenvalue weighted by Gasteiger charge is 2.07. The highest BCUT2D eigenvalue weighted by molar-refractivity contribution is 9.10. The van der Waals surface area contributed by atoms with Crippen molar-refractivity contribution in [3.63, 3.8) is 0 Å². The van der Waals surface area contributed by atoms with Crippen molar-refractivity contribution in [2.24, 2.45) is 0 Å². The van der Waals surface area contributed by atoms with Gasteiger partial charge in [-0.3, -0.25) is 0 Å². The molecule has 0 aliphatic heterocycles. The van der Waals surface area contributed by atoms with Gasteiger partial charge in [-0.15, -0.1) is 0 Å². The number of ether oxygens (including phenoxy) is 1. The number of halogens is 1. The lowest BCUT2D eigenvalue weighted by molar-refractivity contribution is 0.296. The highest BCUT2D eigenvalue weighted by Crippen LogP contribution is 2.22. The van der Waals surface area contributed by atoms with E-state index in [1.54, 1.807) is 0 Å². The van der Waals surface area contributed by atoms with Crippen LogP contribution >= 0.6 is 15.9 Å². The van der Waals surface area contributed by atoms with Crippen molar-refractivity contribution in [3.05, 3.63) is 28.2 Å². The molecule has 1 aromatic carbocycles. The van der Waals surface area contributed by atoms with E-state index >= 15 is 0 Å². The minimum atomic E-state index is 0.188. The monoisotopic (exact) mass is 299 g/mol. The molecular formula is C14H22BrNO. The van der Waals surface area contributed by atoms with E-state index in [0.717, 1.165) is 29.8 Å². The van der Waals surface area contributed by atoms with Gasteiger partial charge in [0.1, 0.15) is 5.75 Å². The molecule has 0 aromatic heterocycles. The van der Waals surface area contributed by atoms with Crippen LogP contribution in [0.2, 0.25) is 0 Å². The number of hydrogen-bond donors (Lipinski definition) is 1. The Balaban J connectivity index is 2.27. The van der Waals surface area contributed by atoms with Crippen molar-refractivity contribution in [2.75, 3.05) is 13.2 Å². The normalized spacial score (nSPS) is 11.6. The lowest BCUT2D eigenvalue weighted by Crippen LogP contribution is -2.36. The van der Waals surface area contributed by atoms with Crippen LogP contribution in [0.5, 0.6) is 5.75 Å². The fourth-order valence-electron chi connectivity index (χ4n) is 1.49. The van der Waals surface area contributed by atoms with Gasteiger partial charge >= 0.3 is 0 Å². The lowest BCUT2D eigenvalue weighted by Gasteiger charge is -2.20.